The van der Waals surface area contributed by atoms with E-state index >= 15 is 0 Å². The van der Waals surface area contributed by atoms with Gasteiger partial charge in [-0.3, -0.25) is 4.79 Å². The van der Waals surface area contributed by atoms with Gasteiger partial charge < -0.3 is 14.7 Å². The van der Waals surface area contributed by atoms with Gasteiger partial charge in [-0.05, 0) is 41.7 Å². The van der Waals surface area contributed by atoms with Crippen LogP contribution in [0.5, 0.6) is 11.5 Å². The Kier molecular flexibility index (Phi) is 4.24. The Morgan fingerprint density at radius 1 is 1.30 bits per heavy atom. The molecule has 0 aromatic heterocycles. The van der Waals surface area contributed by atoms with Gasteiger partial charge in [0, 0.05) is 13.5 Å². The molecule has 4 heteroatoms. The van der Waals surface area contributed by atoms with Crippen LogP contribution in [-0.4, -0.2) is 29.6 Å². The molecule has 1 aliphatic rings. The molecule has 0 bridgehead atoms. The van der Waals surface area contributed by atoms with Crippen LogP contribution in [0.1, 0.15) is 29.7 Å². The fraction of sp³-hybridized carbons (Fsp3) is 0.316. The Morgan fingerprint density at radius 3 is 2.70 bits per heavy atom. The molecule has 4 nitrogen and oxygen atoms in total. The van der Waals surface area contributed by atoms with E-state index in [2.05, 4.69) is 12.1 Å². The number of ether oxygens (including phenoxy) is 1. The molecule has 2 aromatic carbocycles. The molecule has 1 unspecified atom stereocenters. The van der Waals surface area contributed by atoms with Crippen LogP contribution in [0, 0.1) is 0 Å². The number of carbonyl (C=O) groups is 1. The van der Waals surface area contributed by atoms with Crippen LogP contribution in [0.15, 0.2) is 42.5 Å². The van der Waals surface area contributed by atoms with E-state index in [0.717, 1.165) is 24.0 Å². The van der Waals surface area contributed by atoms with E-state index in [9.17, 15) is 9.90 Å². The third kappa shape index (κ3) is 3.02. The predicted octanol–water partition coefficient (Wildman–Crippen LogP) is 3.09. The Labute approximate surface area is 136 Å². The molecule has 120 valence electrons. The second kappa shape index (κ2) is 6.32. The number of methoxy groups -OCH3 is 1. The molecule has 0 fully saturated rings. The minimum atomic E-state index is -0.0598. The van der Waals surface area contributed by atoms with Gasteiger partial charge in [-0.2, -0.15) is 0 Å². The lowest BCUT2D eigenvalue weighted by atomic mass is 9.88. The first-order valence-corrected chi connectivity index (χ1v) is 7.81. The van der Waals surface area contributed by atoms with Crippen molar-refractivity contribution in [2.75, 3.05) is 13.7 Å². The summed E-state index contributed by atoms with van der Waals surface area (Å²) in [6.07, 6.45) is 1.51. The average Bonchev–Trinajstić information content (AvgIpc) is 2.55. The number of amides is 1. The fourth-order valence-corrected chi connectivity index (χ4v) is 3.32. The van der Waals surface area contributed by atoms with Crippen molar-refractivity contribution in [3.05, 3.63) is 59.2 Å². The molecule has 0 radical (unpaired) electrons. The van der Waals surface area contributed by atoms with Gasteiger partial charge in [0.15, 0.2) is 11.5 Å². The van der Waals surface area contributed by atoms with Crippen LogP contribution >= 0.6 is 0 Å². The number of aromatic hydroxyl groups is 1. The van der Waals surface area contributed by atoms with E-state index in [1.807, 2.05) is 29.2 Å². The monoisotopic (exact) mass is 311 g/mol. The zero-order valence-electron chi connectivity index (χ0n) is 13.5. The van der Waals surface area contributed by atoms with E-state index in [-0.39, 0.29) is 17.7 Å². The summed E-state index contributed by atoms with van der Waals surface area (Å²) in [6, 6.07) is 13.7. The standard InChI is InChI=1S/C19H21NO3/c1-13(21)20-9-8-15-11-19(23-2)18(22)12-16(15)17(20)10-14-6-4-3-5-7-14/h3-7,11-12,17,22H,8-10H2,1-2H3. The highest BCUT2D eigenvalue weighted by atomic mass is 16.5. The van der Waals surface area contributed by atoms with Crippen LogP contribution in [-0.2, 0) is 17.6 Å². The molecule has 1 atom stereocenters. The maximum absolute atomic E-state index is 12.1. The maximum atomic E-state index is 12.1. The number of phenolic OH excluding ortho intramolecular Hbond substituents is 1. The lowest BCUT2D eigenvalue weighted by Gasteiger charge is -2.37. The van der Waals surface area contributed by atoms with Crippen LogP contribution in [0.4, 0.5) is 0 Å². The highest BCUT2D eigenvalue weighted by Crippen LogP contribution is 2.38. The zero-order valence-corrected chi connectivity index (χ0v) is 13.5. The van der Waals surface area contributed by atoms with Crippen molar-refractivity contribution in [1.29, 1.82) is 0 Å². The third-order valence-corrected chi connectivity index (χ3v) is 4.47. The van der Waals surface area contributed by atoms with Crippen molar-refractivity contribution >= 4 is 5.91 Å². The maximum Gasteiger partial charge on any atom is 0.219 e. The largest absolute Gasteiger partial charge is 0.504 e. The fourth-order valence-electron chi connectivity index (χ4n) is 3.32. The number of hydrogen-bond acceptors (Lipinski definition) is 3. The van der Waals surface area contributed by atoms with Crippen LogP contribution in [0.2, 0.25) is 0 Å². The van der Waals surface area contributed by atoms with Crippen molar-refractivity contribution in [3.8, 4) is 11.5 Å². The minimum absolute atomic E-state index is 0.0598. The smallest absolute Gasteiger partial charge is 0.219 e. The molecular formula is C19H21NO3. The summed E-state index contributed by atoms with van der Waals surface area (Å²) in [7, 11) is 1.55. The highest BCUT2D eigenvalue weighted by molar-refractivity contribution is 5.74. The summed E-state index contributed by atoms with van der Waals surface area (Å²) in [5, 5.41) is 10.1. The van der Waals surface area contributed by atoms with Crippen molar-refractivity contribution in [2.45, 2.75) is 25.8 Å². The SMILES string of the molecule is COc1cc2c(cc1O)C(Cc1ccccc1)N(C(C)=O)CC2. The molecule has 0 spiro atoms. The number of carbonyl (C=O) groups excluding carboxylic acids is 1. The van der Waals surface area contributed by atoms with Gasteiger partial charge >= 0.3 is 0 Å². The topological polar surface area (TPSA) is 49.8 Å². The number of fused-ring (bicyclic) bond motifs is 1. The average molecular weight is 311 g/mol. The molecule has 3 rings (SSSR count). The van der Waals surface area contributed by atoms with Gasteiger partial charge in [-0.15, -0.1) is 0 Å². The number of benzene rings is 2. The summed E-state index contributed by atoms with van der Waals surface area (Å²) < 4.78 is 5.21. The van der Waals surface area contributed by atoms with Gasteiger partial charge in [-0.1, -0.05) is 30.3 Å². The van der Waals surface area contributed by atoms with Gasteiger partial charge in [-0.25, -0.2) is 0 Å². The lowest BCUT2D eigenvalue weighted by molar-refractivity contribution is -0.131. The van der Waals surface area contributed by atoms with Crippen molar-refractivity contribution in [3.63, 3.8) is 0 Å². The number of nitrogens with zero attached hydrogens (tertiary/aromatic N) is 1. The number of phenols is 1. The second-order valence-electron chi connectivity index (χ2n) is 5.89. The Morgan fingerprint density at radius 2 is 2.04 bits per heavy atom. The first kappa shape index (κ1) is 15.4. The molecule has 0 aliphatic carbocycles. The molecule has 23 heavy (non-hydrogen) atoms. The molecule has 2 aromatic rings. The van der Waals surface area contributed by atoms with Crippen LogP contribution in [0.25, 0.3) is 0 Å². The molecule has 0 saturated heterocycles. The van der Waals surface area contributed by atoms with Gasteiger partial charge in [0.1, 0.15) is 0 Å². The van der Waals surface area contributed by atoms with Gasteiger partial charge in [0.25, 0.3) is 0 Å². The summed E-state index contributed by atoms with van der Waals surface area (Å²) in [4.78, 5) is 13.9. The number of rotatable bonds is 3. The van der Waals surface area contributed by atoms with E-state index in [4.69, 9.17) is 4.74 Å². The van der Waals surface area contributed by atoms with E-state index in [0.29, 0.717) is 12.3 Å². The predicted molar refractivity (Wildman–Crippen MR) is 88.6 cm³/mol. The lowest BCUT2D eigenvalue weighted by Crippen LogP contribution is -2.39. The molecule has 1 heterocycles. The summed E-state index contributed by atoms with van der Waals surface area (Å²) in [5.41, 5.74) is 3.32. The van der Waals surface area contributed by atoms with Crippen molar-refractivity contribution < 1.29 is 14.6 Å². The van der Waals surface area contributed by atoms with Gasteiger partial charge in [0.2, 0.25) is 5.91 Å². The van der Waals surface area contributed by atoms with E-state index in [1.165, 1.54) is 5.56 Å². The van der Waals surface area contributed by atoms with Crippen LogP contribution < -0.4 is 4.74 Å². The minimum Gasteiger partial charge on any atom is -0.504 e. The zero-order chi connectivity index (χ0) is 16.4. The number of hydrogen-bond donors (Lipinski definition) is 1. The molecule has 0 saturated carbocycles. The first-order chi connectivity index (χ1) is 11.1. The highest BCUT2D eigenvalue weighted by Gasteiger charge is 2.30. The van der Waals surface area contributed by atoms with Gasteiger partial charge in [0.05, 0.1) is 13.2 Å². The molecule has 1 aliphatic heterocycles. The van der Waals surface area contributed by atoms with E-state index in [1.54, 1.807) is 20.1 Å². The molecular weight excluding hydrogens is 290 g/mol. The van der Waals surface area contributed by atoms with Crippen molar-refractivity contribution in [1.82, 2.24) is 4.90 Å². The molecule has 1 amide bonds. The summed E-state index contributed by atoms with van der Waals surface area (Å²) in [6.45, 7) is 2.29. The first-order valence-electron chi connectivity index (χ1n) is 7.81. The van der Waals surface area contributed by atoms with Crippen LogP contribution in [0.3, 0.4) is 0 Å². The molecule has 1 N–H and O–H groups in total. The summed E-state index contributed by atoms with van der Waals surface area (Å²) in [5.74, 6) is 0.667. The normalized spacial score (nSPS) is 16.8. The second-order valence-corrected chi connectivity index (χ2v) is 5.89. The van der Waals surface area contributed by atoms with Crippen molar-refractivity contribution in [2.24, 2.45) is 0 Å². The Hall–Kier alpha value is -2.49. The Bertz CT molecular complexity index is 712. The quantitative estimate of drug-likeness (QED) is 0.947. The third-order valence-electron chi connectivity index (χ3n) is 4.47. The van der Waals surface area contributed by atoms with E-state index < -0.39 is 0 Å². The Balaban J connectivity index is 2.03. The summed E-state index contributed by atoms with van der Waals surface area (Å²) >= 11 is 0.